The number of likely N-dealkylation sites (tertiary alicyclic amines) is 1. The average Bonchev–Trinajstić information content (AvgIpc) is 2.74. The summed E-state index contributed by atoms with van der Waals surface area (Å²) in [5.41, 5.74) is 6.14. The van der Waals surface area contributed by atoms with Crippen LogP contribution in [0.2, 0.25) is 0 Å². The molecular formula is C13H16ClFN2O. The lowest BCUT2D eigenvalue weighted by Crippen LogP contribution is -2.30. The predicted molar refractivity (Wildman–Crippen MR) is 71.9 cm³/mol. The van der Waals surface area contributed by atoms with Gasteiger partial charge in [-0.2, -0.15) is 0 Å². The van der Waals surface area contributed by atoms with E-state index in [1.165, 1.54) is 18.2 Å². The number of carbonyl (C=O) groups excluding carboxylic acids is 1. The van der Waals surface area contributed by atoms with Gasteiger partial charge in [-0.1, -0.05) is 18.2 Å². The molecule has 0 unspecified atom stereocenters. The van der Waals surface area contributed by atoms with Crippen LogP contribution < -0.4 is 5.73 Å². The zero-order valence-electron chi connectivity index (χ0n) is 9.88. The molecule has 1 saturated heterocycles. The fourth-order valence-corrected chi connectivity index (χ4v) is 1.86. The number of nitrogens with zero attached hydrogens (tertiary/aromatic N) is 1. The van der Waals surface area contributed by atoms with Crippen molar-refractivity contribution in [1.82, 2.24) is 4.90 Å². The van der Waals surface area contributed by atoms with Gasteiger partial charge in [0.15, 0.2) is 0 Å². The highest BCUT2D eigenvalue weighted by Crippen LogP contribution is 2.11. The normalized spacial score (nSPS) is 19.0. The molecule has 2 N–H and O–H groups in total. The van der Waals surface area contributed by atoms with Gasteiger partial charge in [0.05, 0.1) is 0 Å². The lowest BCUT2D eigenvalue weighted by molar-refractivity contribution is -0.124. The van der Waals surface area contributed by atoms with Crippen molar-refractivity contribution >= 4 is 24.4 Å². The number of nitrogens with two attached hydrogens (primary N) is 1. The molecule has 0 bridgehead atoms. The number of hydrogen-bond acceptors (Lipinski definition) is 2. The third-order valence-electron chi connectivity index (χ3n) is 2.85. The molecule has 1 aliphatic rings. The third-order valence-corrected chi connectivity index (χ3v) is 2.85. The number of amides is 1. The Balaban J connectivity index is 0.00000162. The number of carbonyl (C=O) groups is 1. The minimum absolute atomic E-state index is 0. The molecule has 3 nitrogen and oxygen atoms in total. The maximum Gasteiger partial charge on any atom is 0.246 e. The second kappa shape index (κ2) is 6.52. The second-order valence-corrected chi connectivity index (χ2v) is 4.19. The average molecular weight is 271 g/mol. The van der Waals surface area contributed by atoms with Crippen molar-refractivity contribution in [3.05, 3.63) is 41.7 Å². The standard InChI is InChI=1S/C13H15FN2O.ClH/c14-12-4-2-1-3-10(12)5-6-13(17)16-8-7-11(15)9-16;/h1-6,11H,7-9,15H2;1H/t11-;/m1./s1. The summed E-state index contributed by atoms with van der Waals surface area (Å²) in [6, 6.07) is 6.43. The molecule has 1 atom stereocenters. The first-order valence-corrected chi connectivity index (χ1v) is 5.64. The molecule has 2 rings (SSSR count). The quantitative estimate of drug-likeness (QED) is 0.834. The van der Waals surface area contributed by atoms with Gasteiger partial charge in [-0.25, -0.2) is 4.39 Å². The Hall–Kier alpha value is -1.39. The topological polar surface area (TPSA) is 46.3 Å². The summed E-state index contributed by atoms with van der Waals surface area (Å²) in [6.07, 6.45) is 3.73. The lowest BCUT2D eigenvalue weighted by atomic mass is 10.2. The largest absolute Gasteiger partial charge is 0.338 e. The summed E-state index contributed by atoms with van der Waals surface area (Å²) in [5, 5.41) is 0. The van der Waals surface area contributed by atoms with Gasteiger partial charge in [0.2, 0.25) is 5.91 Å². The van der Waals surface area contributed by atoms with Crippen LogP contribution in [0.5, 0.6) is 0 Å². The van der Waals surface area contributed by atoms with Crippen LogP contribution in [-0.2, 0) is 4.79 Å². The van der Waals surface area contributed by atoms with E-state index in [4.69, 9.17) is 5.73 Å². The van der Waals surface area contributed by atoms with Crippen LogP contribution >= 0.6 is 12.4 Å². The van der Waals surface area contributed by atoms with Crippen molar-refractivity contribution in [2.45, 2.75) is 12.5 Å². The molecule has 18 heavy (non-hydrogen) atoms. The molecule has 1 amide bonds. The molecule has 0 spiro atoms. The fourth-order valence-electron chi connectivity index (χ4n) is 1.86. The van der Waals surface area contributed by atoms with Gasteiger partial charge in [0.1, 0.15) is 5.82 Å². The summed E-state index contributed by atoms with van der Waals surface area (Å²) in [6.45, 7) is 1.27. The Morgan fingerprint density at radius 3 is 2.78 bits per heavy atom. The first-order chi connectivity index (χ1) is 8.16. The van der Waals surface area contributed by atoms with Gasteiger partial charge in [-0.05, 0) is 18.6 Å². The second-order valence-electron chi connectivity index (χ2n) is 4.19. The zero-order chi connectivity index (χ0) is 12.3. The van der Waals surface area contributed by atoms with Crippen LogP contribution in [0.15, 0.2) is 30.3 Å². The minimum atomic E-state index is -0.324. The molecule has 1 fully saturated rings. The van der Waals surface area contributed by atoms with E-state index in [0.29, 0.717) is 18.7 Å². The number of halogens is 2. The third kappa shape index (κ3) is 3.55. The molecule has 1 heterocycles. The predicted octanol–water partition coefficient (Wildman–Crippen LogP) is 1.82. The first kappa shape index (κ1) is 14.7. The first-order valence-electron chi connectivity index (χ1n) is 5.64. The van der Waals surface area contributed by atoms with E-state index >= 15 is 0 Å². The van der Waals surface area contributed by atoms with Crippen molar-refractivity contribution in [2.75, 3.05) is 13.1 Å². The Labute approximate surface area is 112 Å². The smallest absolute Gasteiger partial charge is 0.246 e. The van der Waals surface area contributed by atoms with E-state index in [0.717, 1.165) is 6.42 Å². The number of rotatable bonds is 2. The SMILES string of the molecule is Cl.N[C@@H]1CCN(C(=O)C=Cc2ccccc2F)C1. The van der Waals surface area contributed by atoms with Crippen LogP contribution in [0.3, 0.4) is 0 Å². The molecule has 0 saturated carbocycles. The Bertz CT molecular complexity index is 450. The highest BCUT2D eigenvalue weighted by atomic mass is 35.5. The van der Waals surface area contributed by atoms with Crippen LogP contribution in [0.1, 0.15) is 12.0 Å². The molecular weight excluding hydrogens is 255 g/mol. The van der Waals surface area contributed by atoms with E-state index < -0.39 is 0 Å². The summed E-state index contributed by atoms with van der Waals surface area (Å²) < 4.78 is 13.3. The van der Waals surface area contributed by atoms with Crippen LogP contribution in [0.4, 0.5) is 4.39 Å². The van der Waals surface area contributed by atoms with Crippen molar-refractivity contribution in [2.24, 2.45) is 5.73 Å². The van der Waals surface area contributed by atoms with Gasteiger partial charge in [-0.15, -0.1) is 12.4 Å². The summed E-state index contributed by atoms with van der Waals surface area (Å²) in [5.74, 6) is -0.434. The molecule has 98 valence electrons. The van der Waals surface area contributed by atoms with E-state index in [1.54, 1.807) is 23.1 Å². The summed E-state index contributed by atoms with van der Waals surface area (Å²) >= 11 is 0. The van der Waals surface area contributed by atoms with Crippen LogP contribution in [0, 0.1) is 5.82 Å². The van der Waals surface area contributed by atoms with Gasteiger partial charge < -0.3 is 10.6 Å². The van der Waals surface area contributed by atoms with Crippen molar-refractivity contribution < 1.29 is 9.18 Å². The molecule has 1 aliphatic heterocycles. The lowest BCUT2D eigenvalue weighted by Gasteiger charge is -2.12. The fraction of sp³-hybridized carbons (Fsp3) is 0.308. The van der Waals surface area contributed by atoms with E-state index in [9.17, 15) is 9.18 Å². The molecule has 1 aromatic carbocycles. The van der Waals surface area contributed by atoms with Gasteiger partial charge >= 0.3 is 0 Å². The Morgan fingerprint density at radius 2 is 2.17 bits per heavy atom. The number of hydrogen-bond donors (Lipinski definition) is 1. The van der Waals surface area contributed by atoms with E-state index in [2.05, 4.69) is 0 Å². The Kier molecular flexibility index (Phi) is 5.31. The van der Waals surface area contributed by atoms with Crippen molar-refractivity contribution in [3.8, 4) is 0 Å². The minimum Gasteiger partial charge on any atom is -0.338 e. The van der Waals surface area contributed by atoms with Crippen LogP contribution in [0.25, 0.3) is 6.08 Å². The van der Waals surface area contributed by atoms with E-state index in [-0.39, 0.29) is 30.2 Å². The maximum atomic E-state index is 13.3. The van der Waals surface area contributed by atoms with Gasteiger partial charge in [-0.3, -0.25) is 4.79 Å². The molecule has 0 aromatic heterocycles. The van der Waals surface area contributed by atoms with Crippen molar-refractivity contribution in [3.63, 3.8) is 0 Å². The number of benzene rings is 1. The van der Waals surface area contributed by atoms with E-state index in [1.807, 2.05) is 0 Å². The molecule has 1 aromatic rings. The van der Waals surface area contributed by atoms with Gasteiger partial charge in [0, 0.05) is 30.8 Å². The zero-order valence-corrected chi connectivity index (χ0v) is 10.7. The molecule has 5 heteroatoms. The van der Waals surface area contributed by atoms with Gasteiger partial charge in [0.25, 0.3) is 0 Å². The van der Waals surface area contributed by atoms with Crippen molar-refractivity contribution in [1.29, 1.82) is 0 Å². The Morgan fingerprint density at radius 1 is 1.44 bits per heavy atom. The molecule has 0 radical (unpaired) electrons. The summed E-state index contributed by atoms with van der Waals surface area (Å²) in [4.78, 5) is 13.4. The monoisotopic (exact) mass is 270 g/mol. The summed E-state index contributed by atoms with van der Waals surface area (Å²) in [7, 11) is 0. The molecule has 0 aliphatic carbocycles. The highest BCUT2D eigenvalue weighted by molar-refractivity contribution is 5.92. The highest BCUT2D eigenvalue weighted by Gasteiger charge is 2.21. The maximum absolute atomic E-state index is 13.3. The van der Waals surface area contributed by atoms with Crippen LogP contribution in [-0.4, -0.2) is 29.9 Å².